The highest BCUT2D eigenvalue weighted by Crippen LogP contribution is 2.22. The third kappa shape index (κ3) is 3.87. The Morgan fingerprint density at radius 2 is 1.68 bits per heavy atom. The van der Waals surface area contributed by atoms with E-state index in [9.17, 15) is 9.59 Å². The molecule has 2 rings (SSSR count). The van der Waals surface area contributed by atoms with Gasteiger partial charge in [-0.2, -0.15) is 0 Å². The summed E-state index contributed by atoms with van der Waals surface area (Å²) in [6.45, 7) is 0. The van der Waals surface area contributed by atoms with Crippen molar-refractivity contribution in [2.45, 2.75) is 0 Å². The van der Waals surface area contributed by atoms with Gasteiger partial charge in [0.25, 0.3) is 5.91 Å². The van der Waals surface area contributed by atoms with Crippen molar-refractivity contribution >= 4 is 40.8 Å². The van der Waals surface area contributed by atoms with Crippen LogP contribution in [0, 0.1) is 0 Å². The fourth-order valence-electron chi connectivity index (χ4n) is 1.63. The third-order valence-electron chi connectivity index (χ3n) is 2.66. The minimum Gasteiger partial charge on any atom is -0.497 e. The summed E-state index contributed by atoms with van der Waals surface area (Å²) < 4.78 is 5.01. The molecule has 0 spiro atoms. The van der Waals surface area contributed by atoms with Crippen molar-refractivity contribution in [2.75, 3.05) is 12.4 Å². The molecule has 0 unspecified atom stereocenters. The van der Waals surface area contributed by atoms with E-state index in [-0.39, 0.29) is 15.6 Å². The first-order valence-corrected chi connectivity index (χ1v) is 6.82. The van der Waals surface area contributed by atoms with Gasteiger partial charge >= 0.3 is 6.03 Å². The van der Waals surface area contributed by atoms with Crippen LogP contribution in [-0.2, 0) is 0 Å². The van der Waals surface area contributed by atoms with E-state index in [1.54, 1.807) is 24.3 Å². The number of benzene rings is 1. The number of halogens is 2. The lowest BCUT2D eigenvalue weighted by Gasteiger charge is -2.09. The molecule has 6 nitrogen and oxygen atoms in total. The average Bonchev–Trinajstić information content (AvgIpc) is 2.47. The molecule has 1 aromatic heterocycles. The molecule has 0 fully saturated rings. The molecule has 114 valence electrons. The monoisotopic (exact) mass is 339 g/mol. The topological polar surface area (TPSA) is 80.3 Å². The van der Waals surface area contributed by atoms with E-state index in [1.807, 2.05) is 0 Å². The predicted molar refractivity (Wildman–Crippen MR) is 83.7 cm³/mol. The summed E-state index contributed by atoms with van der Waals surface area (Å²) in [6.07, 6.45) is 2.54. The van der Waals surface area contributed by atoms with Crippen LogP contribution in [0.15, 0.2) is 36.7 Å². The Hall–Kier alpha value is -2.31. The van der Waals surface area contributed by atoms with E-state index >= 15 is 0 Å². The average molecular weight is 340 g/mol. The van der Waals surface area contributed by atoms with E-state index in [0.29, 0.717) is 11.4 Å². The number of methoxy groups -OCH3 is 1. The second-order valence-corrected chi connectivity index (χ2v) is 4.93. The zero-order valence-corrected chi connectivity index (χ0v) is 12.9. The van der Waals surface area contributed by atoms with Gasteiger partial charge in [0, 0.05) is 18.1 Å². The standard InChI is InChI=1S/C14H11Cl2N3O3/c1-22-9-4-2-8(3-5-9)18-14(21)19-13(20)12-10(15)6-17-7-11(12)16/h2-7H,1H3,(H2,18,19,20,21). The molecular formula is C14H11Cl2N3O3. The van der Waals surface area contributed by atoms with Crippen molar-refractivity contribution in [3.8, 4) is 5.75 Å². The minimum absolute atomic E-state index is 0.0109. The maximum atomic E-state index is 12.0. The summed E-state index contributed by atoms with van der Waals surface area (Å²) in [7, 11) is 1.54. The van der Waals surface area contributed by atoms with E-state index in [0.717, 1.165) is 0 Å². The van der Waals surface area contributed by atoms with Gasteiger partial charge in [-0.25, -0.2) is 4.79 Å². The molecule has 2 aromatic rings. The first-order chi connectivity index (χ1) is 10.5. The van der Waals surface area contributed by atoms with E-state index in [4.69, 9.17) is 27.9 Å². The fourth-order valence-corrected chi connectivity index (χ4v) is 2.17. The largest absolute Gasteiger partial charge is 0.497 e. The number of rotatable bonds is 3. The van der Waals surface area contributed by atoms with Crippen LogP contribution in [0.2, 0.25) is 10.0 Å². The normalized spacial score (nSPS) is 9.95. The number of carbonyl (C=O) groups excluding carboxylic acids is 2. The van der Waals surface area contributed by atoms with Gasteiger partial charge in [-0.1, -0.05) is 23.2 Å². The van der Waals surface area contributed by atoms with Crippen molar-refractivity contribution in [2.24, 2.45) is 0 Å². The highest BCUT2D eigenvalue weighted by atomic mass is 35.5. The first-order valence-electron chi connectivity index (χ1n) is 6.06. The van der Waals surface area contributed by atoms with Crippen LogP contribution in [0.25, 0.3) is 0 Å². The molecule has 0 aliphatic carbocycles. The van der Waals surface area contributed by atoms with E-state index < -0.39 is 11.9 Å². The minimum atomic E-state index is -0.719. The highest BCUT2D eigenvalue weighted by Gasteiger charge is 2.17. The second kappa shape index (κ2) is 7.11. The Bertz CT molecular complexity index is 685. The number of ether oxygens (including phenoxy) is 1. The summed E-state index contributed by atoms with van der Waals surface area (Å²) >= 11 is 11.7. The fraction of sp³-hybridized carbons (Fsp3) is 0.0714. The molecule has 0 bridgehead atoms. The maximum absolute atomic E-state index is 12.0. The highest BCUT2D eigenvalue weighted by molar-refractivity contribution is 6.39. The van der Waals surface area contributed by atoms with Gasteiger partial charge in [-0.15, -0.1) is 0 Å². The Morgan fingerprint density at radius 1 is 1.09 bits per heavy atom. The van der Waals surface area contributed by atoms with Crippen LogP contribution in [-0.4, -0.2) is 24.0 Å². The molecule has 0 atom stereocenters. The van der Waals surface area contributed by atoms with E-state index in [1.165, 1.54) is 19.5 Å². The molecule has 1 aromatic carbocycles. The van der Waals surface area contributed by atoms with Gasteiger partial charge in [0.1, 0.15) is 5.75 Å². The number of hydrogen-bond acceptors (Lipinski definition) is 4. The third-order valence-corrected chi connectivity index (χ3v) is 3.23. The van der Waals surface area contributed by atoms with Crippen LogP contribution in [0.4, 0.5) is 10.5 Å². The van der Waals surface area contributed by atoms with Gasteiger partial charge < -0.3 is 10.1 Å². The lowest BCUT2D eigenvalue weighted by atomic mass is 10.2. The summed E-state index contributed by atoms with van der Waals surface area (Å²) in [4.78, 5) is 27.5. The number of hydrogen-bond donors (Lipinski definition) is 2. The van der Waals surface area contributed by atoms with Crippen LogP contribution in [0.1, 0.15) is 10.4 Å². The number of pyridine rings is 1. The lowest BCUT2D eigenvalue weighted by Crippen LogP contribution is -2.34. The molecule has 2 N–H and O–H groups in total. The van der Waals surface area contributed by atoms with Crippen LogP contribution >= 0.6 is 23.2 Å². The zero-order chi connectivity index (χ0) is 16.1. The Labute approximate surface area is 136 Å². The number of nitrogens with zero attached hydrogens (tertiary/aromatic N) is 1. The van der Waals surface area contributed by atoms with Crippen molar-refractivity contribution in [3.05, 3.63) is 52.3 Å². The van der Waals surface area contributed by atoms with Crippen LogP contribution in [0.3, 0.4) is 0 Å². The molecule has 0 radical (unpaired) electrons. The molecule has 3 amide bonds. The lowest BCUT2D eigenvalue weighted by molar-refractivity contribution is 0.0967. The summed E-state index contributed by atoms with van der Waals surface area (Å²) in [5.74, 6) is -0.0687. The Kier molecular flexibility index (Phi) is 5.19. The number of anilines is 1. The molecule has 0 saturated carbocycles. The van der Waals surface area contributed by atoms with Crippen molar-refractivity contribution in [1.82, 2.24) is 10.3 Å². The smallest absolute Gasteiger partial charge is 0.326 e. The predicted octanol–water partition coefficient (Wildman–Crippen LogP) is 3.36. The van der Waals surface area contributed by atoms with Crippen molar-refractivity contribution in [1.29, 1.82) is 0 Å². The van der Waals surface area contributed by atoms with Gasteiger partial charge in [-0.3, -0.25) is 15.1 Å². The number of amides is 3. The number of aromatic nitrogens is 1. The van der Waals surface area contributed by atoms with Gasteiger partial charge in [0.2, 0.25) is 0 Å². The molecule has 0 aliphatic rings. The van der Waals surface area contributed by atoms with E-state index in [2.05, 4.69) is 15.6 Å². The molecule has 22 heavy (non-hydrogen) atoms. The molecule has 8 heteroatoms. The van der Waals surface area contributed by atoms with Crippen LogP contribution in [0.5, 0.6) is 5.75 Å². The summed E-state index contributed by atoms with van der Waals surface area (Å²) in [5.41, 5.74) is 0.487. The number of urea groups is 1. The number of nitrogens with one attached hydrogen (secondary N) is 2. The summed E-state index contributed by atoms with van der Waals surface area (Å²) in [6, 6.07) is 5.91. The number of carbonyl (C=O) groups is 2. The summed E-state index contributed by atoms with van der Waals surface area (Å²) in [5, 5.41) is 4.76. The first kappa shape index (κ1) is 16.1. The van der Waals surface area contributed by atoms with Gasteiger partial charge in [0.15, 0.2) is 0 Å². The van der Waals surface area contributed by atoms with Gasteiger partial charge in [0.05, 0.1) is 22.7 Å². The quantitative estimate of drug-likeness (QED) is 0.898. The maximum Gasteiger partial charge on any atom is 0.326 e. The molecule has 1 heterocycles. The van der Waals surface area contributed by atoms with Gasteiger partial charge in [-0.05, 0) is 24.3 Å². The zero-order valence-electron chi connectivity index (χ0n) is 11.4. The molecule has 0 saturated heterocycles. The van der Waals surface area contributed by atoms with Crippen LogP contribution < -0.4 is 15.4 Å². The molecular weight excluding hydrogens is 329 g/mol. The molecule has 0 aliphatic heterocycles. The van der Waals surface area contributed by atoms with Crippen molar-refractivity contribution < 1.29 is 14.3 Å². The SMILES string of the molecule is COc1ccc(NC(=O)NC(=O)c2c(Cl)cncc2Cl)cc1. The Morgan fingerprint density at radius 3 is 2.23 bits per heavy atom. The second-order valence-electron chi connectivity index (χ2n) is 4.11. The number of imide groups is 1. The Balaban J connectivity index is 2.03. The van der Waals surface area contributed by atoms with Crippen molar-refractivity contribution in [3.63, 3.8) is 0 Å².